The first-order valence-corrected chi connectivity index (χ1v) is 7.98. The molecule has 0 radical (unpaired) electrons. The average Bonchev–Trinajstić information content (AvgIpc) is 2.55. The molecule has 2 amide bonds. The van der Waals surface area contributed by atoms with Crippen LogP contribution in [0.5, 0.6) is 0 Å². The number of hydrogen-bond acceptors (Lipinski definition) is 2. The highest BCUT2D eigenvalue weighted by atomic mass is 16.2. The first kappa shape index (κ1) is 24.4. The zero-order valence-corrected chi connectivity index (χ0v) is 14.8. The number of nitrogens with one attached hydrogen (secondary N) is 1. The molecule has 1 N–H and O–H groups in total. The quantitative estimate of drug-likeness (QED) is 0.600. The van der Waals surface area contributed by atoms with Crippen LogP contribution >= 0.6 is 0 Å². The monoisotopic (exact) mass is 295 g/mol. The Morgan fingerprint density at radius 1 is 1.14 bits per heavy atom. The topological polar surface area (TPSA) is 46.2 Å². The molecule has 3 nitrogen and oxygen atoms in total. The van der Waals surface area contributed by atoms with E-state index >= 15 is 0 Å². The van der Waals surface area contributed by atoms with Gasteiger partial charge in [-0.1, -0.05) is 72.4 Å². The summed E-state index contributed by atoms with van der Waals surface area (Å²) in [6, 6.07) is 0. The number of carbonyl (C=O) groups is 2. The molecular weight excluding hydrogens is 262 g/mol. The van der Waals surface area contributed by atoms with Crippen molar-refractivity contribution >= 4 is 11.8 Å². The highest BCUT2D eigenvalue weighted by molar-refractivity contribution is 6.00. The molecule has 0 aromatic carbocycles. The second-order valence-corrected chi connectivity index (χ2v) is 3.40. The zero-order valence-electron chi connectivity index (χ0n) is 14.8. The van der Waals surface area contributed by atoms with Crippen molar-refractivity contribution in [1.82, 2.24) is 5.32 Å². The molecule has 1 atom stereocenters. The molecule has 0 spiro atoms. The maximum Gasteiger partial charge on any atom is 0.234 e. The van der Waals surface area contributed by atoms with Crippen LogP contribution in [0.25, 0.3) is 0 Å². The predicted octanol–water partition coefficient (Wildman–Crippen LogP) is 4.81. The van der Waals surface area contributed by atoms with Crippen molar-refractivity contribution in [2.45, 2.75) is 61.3 Å². The maximum atomic E-state index is 11.5. The molecule has 122 valence electrons. The standard InChI is InChI=1S/C12H15NO2.3C2H6/c1-3-5-6-9(4-2)10-7-8-11(14)13-12(10)15;3*1-2/h3-6,10H,2,7-8H2,1H3,(H,13,14,15);3*1-2H3/b5-3-,9-6+;;;. The van der Waals surface area contributed by atoms with E-state index in [9.17, 15) is 9.59 Å². The summed E-state index contributed by atoms with van der Waals surface area (Å²) in [6.07, 6.45) is 8.24. The Labute approximate surface area is 131 Å². The summed E-state index contributed by atoms with van der Waals surface area (Å²) in [5, 5.41) is 2.33. The Hall–Kier alpha value is -1.64. The highest BCUT2D eigenvalue weighted by Gasteiger charge is 2.27. The zero-order chi connectivity index (χ0) is 17.3. The van der Waals surface area contributed by atoms with Crippen LogP contribution in [0.3, 0.4) is 0 Å². The third kappa shape index (κ3) is 10.8. The Kier molecular flexibility index (Phi) is 21.3. The summed E-state index contributed by atoms with van der Waals surface area (Å²) in [5.74, 6) is -0.649. The lowest BCUT2D eigenvalue weighted by molar-refractivity contribution is -0.135. The lowest BCUT2D eigenvalue weighted by Crippen LogP contribution is -2.41. The molecule has 1 aliphatic rings. The summed E-state index contributed by atoms with van der Waals surface area (Å²) >= 11 is 0. The lowest BCUT2D eigenvalue weighted by Gasteiger charge is -2.21. The minimum atomic E-state index is -0.239. The molecule has 1 heterocycles. The molecule has 1 rings (SSSR count). The summed E-state index contributed by atoms with van der Waals surface area (Å²) in [5.41, 5.74) is 0.859. The Morgan fingerprint density at radius 3 is 2.05 bits per heavy atom. The normalized spacial score (nSPS) is 17.3. The minimum Gasteiger partial charge on any atom is -0.296 e. The third-order valence-electron chi connectivity index (χ3n) is 2.36. The van der Waals surface area contributed by atoms with E-state index in [0.29, 0.717) is 12.8 Å². The third-order valence-corrected chi connectivity index (χ3v) is 2.36. The van der Waals surface area contributed by atoms with Gasteiger partial charge in [-0.15, -0.1) is 0 Å². The largest absolute Gasteiger partial charge is 0.296 e. The van der Waals surface area contributed by atoms with Crippen LogP contribution in [0.15, 0.2) is 36.5 Å². The number of amides is 2. The summed E-state index contributed by atoms with van der Waals surface area (Å²) in [6.45, 7) is 17.6. The number of allylic oxidation sites excluding steroid dienone is 4. The molecule has 0 saturated carbocycles. The van der Waals surface area contributed by atoms with Crippen LogP contribution in [0, 0.1) is 5.92 Å². The van der Waals surface area contributed by atoms with Crippen molar-refractivity contribution in [3.05, 3.63) is 36.5 Å². The molecule has 3 heteroatoms. The van der Waals surface area contributed by atoms with E-state index in [2.05, 4.69) is 11.9 Å². The van der Waals surface area contributed by atoms with Crippen molar-refractivity contribution in [3.8, 4) is 0 Å². The molecule has 0 aliphatic carbocycles. The molecule has 1 unspecified atom stereocenters. The van der Waals surface area contributed by atoms with Gasteiger partial charge in [0, 0.05) is 6.42 Å². The van der Waals surface area contributed by atoms with Crippen molar-refractivity contribution in [2.24, 2.45) is 5.92 Å². The number of hydrogen-bond donors (Lipinski definition) is 1. The molecule has 1 aliphatic heterocycles. The van der Waals surface area contributed by atoms with Crippen LogP contribution in [0.4, 0.5) is 0 Å². The average molecular weight is 295 g/mol. The second-order valence-electron chi connectivity index (χ2n) is 3.40. The van der Waals surface area contributed by atoms with Gasteiger partial charge in [0.25, 0.3) is 0 Å². The first-order valence-electron chi connectivity index (χ1n) is 7.98. The molecule has 1 saturated heterocycles. The Morgan fingerprint density at radius 2 is 1.67 bits per heavy atom. The van der Waals surface area contributed by atoms with E-state index in [1.165, 1.54) is 0 Å². The van der Waals surface area contributed by atoms with Gasteiger partial charge < -0.3 is 0 Å². The molecule has 0 aromatic rings. The fraction of sp³-hybridized carbons (Fsp3) is 0.556. The van der Waals surface area contributed by atoms with Crippen molar-refractivity contribution in [3.63, 3.8) is 0 Å². The van der Waals surface area contributed by atoms with Gasteiger partial charge in [-0.25, -0.2) is 0 Å². The summed E-state index contributed by atoms with van der Waals surface area (Å²) in [4.78, 5) is 22.5. The van der Waals surface area contributed by atoms with Gasteiger partial charge in [-0.3, -0.25) is 14.9 Å². The van der Waals surface area contributed by atoms with Crippen LogP contribution in [-0.2, 0) is 9.59 Å². The van der Waals surface area contributed by atoms with Gasteiger partial charge >= 0.3 is 0 Å². The van der Waals surface area contributed by atoms with Gasteiger partial charge in [0.2, 0.25) is 11.8 Å². The molecular formula is C18H33NO2. The predicted molar refractivity (Wildman–Crippen MR) is 93.0 cm³/mol. The fourth-order valence-corrected chi connectivity index (χ4v) is 1.55. The molecule has 0 bridgehead atoms. The second kappa shape index (κ2) is 18.4. The van der Waals surface area contributed by atoms with Gasteiger partial charge in [0.1, 0.15) is 0 Å². The van der Waals surface area contributed by atoms with Crippen LogP contribution < -0.4 is 5.32 Å². The first-order chi connectivity index (χ1) is 10.2. The number of carbonyl (C=O) groups excluding carboxylic acids is 2. The number of rotatable bonds is 3. The maximum absolute atomic E-state index is 11.5. The number of piperidine rings is 1. The van der Waals surface area contributed by atoms with E-state index in [4.69, 9.17) is 0 Å². The van der Waals surface area contributed by atoms with Crippen molar-refractivity contribution < 1.29 is 9.59 Å². The number of imide groups is 1. The fourth-order valence-electron chi connectivity index (χ4n) is 1.55. The molecule has 0 aromatic heterocycles. The smallest absolute Gasteiger partial charge is 0.234 e. The minimum absolute atomic E-state index is 0.189. The molecule has 1 fully saturated rings. The molecule has 21 heavy (non-hydrogen) atoms. The Balaban J connectivity index is -0.000000478. The van der Waals surface area contributed by atoms with E-state index < -0.39 is 0 Å². The van der Waals surface area contributed by atoms with Gasteiger partial charge in [0.15, 0.2) is 0 Å². The summed E-state index contributed by atoms with van der Waals surface area (Å²) in [7, 11) is 0. The highest BCUT2D eigenvalue weighted by Crippen LogP contribution is 2.21. The van der Waals surface area contributed by atoms with Crippen LogP contribution in [0.1, 0.15) is 61.3 Å². The SMILES string of the molecule is C=C/C(=C\C=C/C)C1CCC(=O)NC1=O.CC.CC.CC. The van der Waals surface area contributed by atoms with Crippen LogP contribution in [-0.4, -0.2) is 11.8 Å². The van der Waals surface area contributed by atoms with Crippen molar-refractivity contribution in [2.75, 3.05) is 0 Å². The van der Waals surface area contributed by atoms with E-state index in [1.54, 1.807) is 6.08 Å². The summed E-state index contributed by atoms with van der Waals surface area (Å²) < 4.78 is 0. The van der Waals surface area contributed by atoms with Gasteiger partial charge in [-0.05, 0) is 18.9 Å². The van der Waals surface area contributed by atoms with Crippen LogP contribution in [0.2, 0.25) is 0 Å². The van der Waals surface area contributed by atoms with Gasteiger partial charge in [0.05, 0.1) is 5.92 Å². The Bertz CT molecular complexity index is 341. The lowest BCUT2D eigenvalue weighted by atomic mass is 9.90. The van der Waals surface area contributed by atoms with Gasteiger partial charge in [-0.2, -0.15) is 0 Å². The van der Waals surface area contributed by atoms with E-state index in [1.807, 2.05) is 66.7 Å². The van der Waals surface area contributed by atoms with E-state index in [0.717, 1.165) is 5.57 Å². The van der Waals surface area contributed by atoms with Crippen molar-refractivity contribution in [1.29, 1.82) is 0 Å². The van der Waals surface area contributed by atoms with E-state index in [-0.39, 0.29) is 17.7 Å².